The van der Waals surface area contributed by atoms with Gasteiger partial charge in [-0.05, 0) is 35.4 Å². The zero-order chi connectivity index (χ0) is 17.8. The minimum Gasteiger partial charge on any atom is -0.348 e. The molecule has 1 atom stereocenters. The third-order valence-corrected chi connectivity index (χ3v) is 5.08. The van der Waals surface area contributed by atoms with E-state index in [0.29, 0.717) is 5.92 Å². The summed E-state index contributed by atoms with van der Waals surface area (Å²) in [6.07, 6.45) is 2.36. The van der Waals surface area contributed by atoms with Crippen LogP contribution in [0.25, 0.3) is 0 Å². The Morgan fingerprint density at radius 2 is 1.12 bits per heavy atom. The Bertz CT molecular complexity index is 802. The molecule has 130 valence electrons. The van der Waals surface area contributed by atoms with Crippen molar-refractivity contribution in [3.63, 3.8) is 0 Å². The van der Waals surface area contributed by atoms with Gasteiger partial charge >= 0.3 is 0 Å². The van der Waals surface area contributed by atoms with Crippen LogP contribution in [0.4, 0.5) is 0 Å². The first-order valence-corrected chi connectivity index (χ1v) is 9.28. The monoisotopic (exact) mass is 341 g/mol. The fourth-order valence-electron chi connectivity index (χ4n) is 3.59. The Morgan fingerprint density at radius 1 is 0.692 bits per heavy atom. The molecule has 1 saturated carbocycles. The van der Waals surface area contributed by atoms with E-state index in [0.717, 1.165) is 11.1 Å². The van der Waals surface area contributed by atoms with E-state index in [1.165, 1.54) is 18.4 Å². The molecule has 1 aliphatic rings. The summed E-state index contributed by atoms with van der Waals surface area (Å²) in [5.41, 5.74) is 3.25. The highest BCUT2D eigenvalue weighted by Crippen LogP contribution is 2.41. The van der Waals surface area contributed by atoms with Gasteiger partial charge in [0.25, 0.3) is 0 Å². The molecular weight excluding hydrogens is 318 g/mol. The second-order valence-corrected chi connectivity index (χ2v) is 6.99. The minimum absolute atomic E-state index is 0.0724. The first kappa shape index (κ1) is 16.6. The van der Waals surface area contributed by atoms with E-state index in [4.69, 9.17) is 0 Å². The van der Waals surface area contributed by atoms with Crippen LogP contribution in [-0.2, 0) is 4.79 Å². The van der Waals surface area contributed by atoms with Crippen LogP contribution in [0.15, 0.2) is 91.0 Å². The molecule has 3 aromatic carbocycles. The quantitative estimate of drug-likeness (QED) is 0.665. The maximum absolute atomic E-state index is 13.3. The largest absolute Gasteiger partial charge is 0.348 e. The first-order valence-electron chi connectivity index (χ1n) is 9.28. The normalized spacial score (nSPS) is 14.8. The van der Waals surface area contributed by atoms with Gasteiger partial charge in [0.2, 0.25) is 5.91 Å². The van der Waals surface area contributed by atoms with Crippen molar-refractivity contribution < 1.29 is 4.79 Å². The lowest BCUT2D eigenvalue weighted by molar-refractivity contribution is -0.122. The summed E-state index contributed by atoms with van der Waals surface area (Å²) in [6, 6.07) is 30.5. The molecule has 0 bridgehead atoms. The third kappa shape index (κ3) is 3.70. The highest BCUT2D eigenvalue weighted by atomic mass is 16.2. The smallest absolute Gasteiger partial charge is 0.232 e. The highest BCUT2D eigenvalue weighted by Gasteiger charge is 2.35. The second kappa shape index (κ2) is 7.57. The molecule has 2 nitrogen and oxygen atoms in total. The van der Waals surface area contributed by atoms with Gasteiger partial charge in [-0.3, -0.25) is 4.79 Å². The van der Waals surface area contributed by atoms with Crippen LogP contribution in [0.3, 0.4) is 0 Å². The van der Waals surface area contributed by atoms with Gasteiger partial charge < -0.3 is 5.32 Å². The molecule has 1 unspecified atom stereocenters. The van der Waals surface area contributed by atoms with Crippen molar-refractivity contribution >= 4 is 5.91 Å². The van der Waals surface area contributed by atoms with Gasteiger partial charge in [0, 0.05) is 0 Å². The molecule has 1 aliphatic carbocycles. The van der Waals surface area contributed by atoms with Gasteiger partial charge in [-0.25, -0.2) is 0 Å². The Morgan fingerprint density at radius 3 is 1.54 bits per heavy atom. The number of carbonyl (C=O) groups excluding carboxylic acids is 1. The van der Waals surface area contributed by atoms with E-state index in [1.807, 2.05) is 78.9 Å². The summed E-state index contributed by atoms with van der Waals surface area (Å²) in [5.74, 6) is 0.332. The summed E-state index contributed by atoms with van der Waals surface area (Å²) < 4.78 is 0. The molecule has 0 aromatic heterocycles. The van der Waals surface area contributed by atoms with Crippen molar-refractivity contribution in [2.24, 2.45) is 5.92 Å². The van der Waals surface area contributed by atoms with Crippen LogP contribution in [0.5, 0.6) is 0 Å². The fourth-order valence-corrected chi connectivity index (χ4v) is 3.59. The second-order valence-electron chi connectivity index (χ2n) is 6.99. The Balaban J connectivity index is 1.64. The number of nitrogens with one attached hydrogen (secondary N) is 1. The molecule has 0 heterocycles. The van der Waals surface area contributed by atoms with Crippen molar-refractivity contribution in [1.29, 1.82) is 0 Å². The lowest BCUT2D eigenvalue weighted by Gasteiger charge is -2.24. The summed E-state index contributed by atoms with van der Waals surface area (Å²) in [5, 5.41) is 3.35. The van der Waals surface area contributed by atoms with E-state index in [9.17, 15) is 4.79 Å². The van der Waals surface area contributed by atoms with Gasteiger partial charge in [0.15, 0.2) is 0 Å². The maximum Gasteiger partial charge on any atom is 0.232 e. The molecule has 0 saturated heterocycles. The molecule has 4 rings (SSSR count). The fraction of sp³-hybridized carbons (Fsp3) is 0.208. The van der Waals surface area contributed by atoms with Crippen molar-refractivity contribution in [2.45, 2.75) is 24.8 Å². The van der Waals surface area contributed by atoms with Crippen LogP contribution >= 0.6 is 0 Å². The molecule has 2 heteroatoms. The summed E-state index contributed by atoms with van der Waals surface area (Å²) in [4.78, 5) is 13.3. The minimum atomic E-state index is -0.289. The Labute approximate surface area is 154 Å². The van der Waals surface area contributed by atoms with Crippen molar-refractivity contribution in [1.82, 2.24) is 5.32 Å². The van der Waals surface area contributed by atoms with Crippen LogP contribution < -0.4 is 5.32 Å². The third-order valence-electron chi connectivity index (χ3n) is 5.08. The molecular formula is C24H23NO. The van der Waals surface area contributed by atoms with Crippen LogP contribution in [-0.4, -0.2) is 5.91 Å². The van der Waals surface area contributed by atoms with E-state index >= 15 is 0 Å². The average Bonchev–Trinajstić information content (AvgIpc) is 3.54. The van der Waals surface area contributed by atoms with Crippen molar-refractivity contribution in [2.75, 3.05) is 0 Å². The molecule has 0 radical (unpaired) electrons. The number of benzene rings is 3. The Hall–Kier alpha value is -2.87. The summed E-state index contributed by atoms with van der Waals surface area (Å²) in [6.45, 7) is 0. The van der Waals surface area contributed by atoms with Crippen molar-refractivity contribution in [3.8, 4) is 0 Å². The first-order chi connectivity index (χ1) is 12.8. The molecule has 26 heavy (non-hydrogen) atoms. The number of carbonyl (C=O) groups is 1. The van der Waals surface area contributed by atoms with Gasteiger partial charge in [-0.2, -0.15) is 0 Å². The van der Waals surface area contributed by atoms with Crippen LogP contribution in [0.1, 0.15) is 41.5 Å². The van der Waals surface area contributed by atoms with E-state index < -0.39 is 0 Å². The van der Waals surface area contributed by atoms with E-state index in [1.54, 1.807) is 0 Å². The summed E-state index contributed by atoms with van der Waals surface area (Å²) >= 11 is 0. The SMILES string of the molecule is O=C(NC(c1ccccc1)C1CC1)C(c1ccccc1)c1ccccc1. The maximum atomic E-state index is 13.3. The zero-order valence-corrected chi connectivity index (χ0v) is 14.7. The Kier molecular flexibility index (Phi) is 4.83. The lowest BCUT2D eigenvalue weighted by Crippen LogP contribution is -2.34. The van der Waals surface area contributed by atoms with Crippen LogP contribution in [0.2, 0.25) is 0 Å². The number of rotatable bonds is 6. The molecule has 0 spiro atoms. The standard InChI is InChI=1S/C24H23NO/c26-24(25-23(21-16-17-21)20-14-8-3-9-15-20)22(18-10-4-1-5-11-18)19-12-6-2-7-13-19/h1-15,21-23H,16-17H2,(H,25,26). The van der Waals surface area contributed by atoms with Gasteiger partial charge in [-0.1, -0.05) is 91.0 Å². The van der Waals surface area contributed by atoms with E-state index in [-0.39, 0.29) is 17.9 Å². The molecule has 1 fully saturated rings. The van der Waals surface area contributed by atoms with Gasteiger partial charge in [0.1, 0.15) is 0 Å². The van der Waals surface area contributed by atoms with Gasteiger partial charge in [0.05, 0.1) is 12.0 Å². The molecule has 1 N–H and O–H groups in total. The van der Waals surface area contributed by atoms with Crippen LogP contribution in [0, 0.1) is 5.92 Å². The average molecular weight is 341 g/mol. The summed E-state index contributed by atoms with van der Waals surface area (Å²) in [7, 11) is 0. The number of amides is 1. The molecule has 0 aliphatic heterocycles. The molecule has 1 amide bonds. The number of hydrogen-bond donors (Lipinski definition) is 1. The molecule has 3 aromatic rings. The predicted molar refractivity (Wildman–Crippen MR) is 105 cm³/mol. The lowest BCUT2D eigenvalue weighted by atomic mass is 9.89. The van der Waals surface area contributed by atoms with Crippen molar-refractivity contribution in [3.05, 3.63) is 108 Å². The van der Waals surface area contributed by atoms with E-state index in [2.05, 4.69) is 17.4 Å². The number of hydrogen-bond acceptors (Lipinski definition) is 1. The predicted octanol–water partition coefficient (Wildman–Crippen LogP) is 5.09. The van der Waals surface area contributed by atoms with Gasteiger partial charge in [-0.15, -0.1) is 0 Å². The topological polar surface area (TPSA) is 29.1 Å². The zero-order valence-electron chi connectivity index (χ0n) is 14.7. The highest BCUT2D eigenvalue weighted by molar-refractivity contribution is 5.87.